The molecular weight excluding hydrogens is 390 g/mol. The lowest BCUT2D eigenvalue weighted by molar-refractivity contribution is -0.127. The van der Waals surface area contributed by atoms with E-state index in [1.54, 1.807) is 0 Å². The van der Waals surface area contributed by atoms with Gasteiger partial charge in [-0.05, 0) is 38.7 Å². The highest BCUT2D eigenvalue weighted by Gasteiger charge is 2.19. The third kappa shape index (κ3) is 4.76. The number of fused-ring (bicyclic) bond motifs is 1. The number of amides is 2. The molecule has 4 rings (SSSR count). The standard InChI is InChI=1S/C24H29N5O2/c1-17-20(11-12-23(30)25-13-7-15-28-14-6-10-24(28)31)18(2)29-22(26-17)16-21(27-29)19-8-4-3-5-9-19/h3-5,8-9,16H,6-7,10-15H2,1-2H3,(H,25,30). The van der Waals surface area contributed by atoms with Crippen molar-refractivity contribution in [3.8, 4) is 11.3 Å². The van der Waals surface area contributed by atoms with Gasteiger partial charge in [-0.2, -0.15) is 5.10 Å². The molecule has 0 bridgehead atoms. The van der Waals surface area contributed by atoms with Crippen molar-refractivity contribution < 1.29 is 9.59 Å². The normalized spacial score (nSPS) is 13.9. The van der Waals surface area contributed by atoms with E-state index in [-0.39, 0.29) is 11.8 Å². The first-order chi connectivity index (χ1) is 15.0. The van der Waals surface area contributed by atoms with Crippen LogP contribution in [0.2, 0.25) is 0 Å². The minimum atomic E-state index is 0.0251. The van der Waals surface area contributed by atoms with Crippen LogP contribution in [-0.4, -0.2) is 50.9 Å². The molecule has 31 heavy (non-hydrogen) atoms. The molecule has 3 heterocycles. The Balaban J connectivity index is 1.35. The second kappa shape index (κ2) is 9.29. The second-order valence-corrected chi connectivity index (χ2v) is 8.11. The van der Waals surface area contributed by atoms with Gasteiger partial charge in [0, 0.05) is 55.5 Å². The zero-order chi connectivity index (χ0) is 21.8. The summed E-state index contributed by atoms with van der Waals surface area (Å²) in [5.41, 5.74) is 5.78. The number of carbonyl (C=O) groups is 2. The number of hydrogen-bond donors (Lipinski definition) is 1. The maximum absolute atomic E-state index is 12.3. The van der Waals surface area contributed by atoms with Gasteiger partial charge in [-0.3, -0.25) is 9.59 Å². The third-order valence-corrected chi connectivity index (χ3v) is 5.93. The number of nitrogens with zero attached hydrogens (tertiary/aromatic N) is 4. The van der Waals surface area contributed by atoms with E-state index in [1.807, 2.05) is 59.7 Å². The average Bonchev–Trinajstić information content (AvgIpc) is 3.38. The Kier molecular flexibility index (Phi) is 6.30. The van der Waals surface area contributed by atoms with Gasteiger partial charge in [-0.25, -0.2) is 9.50 Å². The minimum absolute atomic E-state index is 0.0251. The SMILES string of the molecule is Cc1nc2cc(-c3ccccc3)nn2c(C)c1CCC(=O)NCCCN1CCCC1=O. The van der Waals surface area contributed by atoms with Crippen LogP contribution in [-0.2, 0) is 16.0 Å². The fourth-order valence-electron chi connectivity index (χ4n) is 4.20. The summed E-state index contributed by atoms with van der Waals surface area (Å²) in [7, 11) is 0. The topological polar surface area (TPSA) is 79.6 Å². The summed E-state index contributed by atoms with van der Waals surface area (Å²) in [6.07, 6.45) is 3.43. The van der Waals surface area contributed by atoms with Crippen molar-refractivity contribution in [3.63, 3.8) is 0 Å². The Hall–Kier alpha value is -3.22. The predicted octanol–water partition coefficient (Wildman–Crippen LogP) is 3.07. The molecule has 1 aromatic carbocycles. The van der Waals surface area contributed by atoms with Crippen LogP contribution < -0.4 is 5.32 Å². The molecule has 0 atom stereocenters. The zero-order valence-corrected chi connectivity index (χ0v) is 18.2. The summed E-state index contributed by atoms with van der Waals surface area (Å²) in [5, 5.41) is 7.71. The quantitative estimate of drug-likeness (QED) is 0.569. The number of aryl methyl sites for hydroxylation is 2. The Morgan fingerprint density at radius 1 is 1.19 bits per heavy atom. The van der Waals surface area contributed by atoms with Gasteiger partial charge in [-0.1, -0.05) is 30.3 Å². The maximum Gasteiger partial charge on any atom is 0.222 e. The van der Waals surface area contributed by atoms with Crippen LogP contribution in [0.4, 0.5) is 0 Å². The van der Waals surface area contributed by atoms with E-state index in [9.17, 15) is 9.59 Å². The molecule has 0 aliphatic carbocycles. The summed E-state index contributed by atoms with van der Waals surface area (Å²) in [6.45, 7) is 6.19. The fraction of sp³-hybridized carbons (Fsp3) is 0.417. The van der Waals surface area contributed by atoms with Gasteiger partial charge in [-0.15, -0.1) is 0 Å². The number of aromatic nitrogens is 3. The molecule has 0 spiro atoms. The smallest absolute Gasteiger partial charge is 0.222 e. The maximum atomic E-state index is 12.3. The summed E-state index contributed by atoms with van der Waals surface area (Å²) < 4.78 is 1.87. The van der Waals surface area contributed by atoms with E-state index in [2.05, 4.69) is 5.32 Å². The first-order valence-corrected chi connectivity index (χ1v) is 11.0. The summed E-state index contributed by atoms with van der Waals surface area (Å²) >= 11 is 0. The molecule has 1 fully saturated rings. The van der Waals surface area contributed by atoms with E-state index in [0.29, 0.717) is 25.8 Å². The van der Waals surface area contributed by atoms with E-state index in [0.717, 1.165) is 59.8 Å². The van der Waals surface area contributed by atoms with Crippen molar-refractivity contribution in [1.82, 2.24) is 24.8 Å². The molecule has 162 valence electrons. The van der Waals surface area contributed by atoms with Crippen molar-refractivity contribution in [3.05, 3.63) is 53.3 Å². The Bertz CT molecular complexity index is 1090. The summed E-state index contributed by atoms with van der Waals surface area (Å²) in [6, 6.07) is 12.1. The van der Waals surface area contributed by atoms with Gasteiger partial charge >= 0.3 is 0 Å². The predicted molar refractivity (Wildman–Crippen MR) is 120 cm³/mol. The molecule has 2 amide bonds. The minimum Gasteiger partial charge on any atom is -0.356 e. The molecular formula is C24H29N5O2. The number of carbonyl (C=O) groups excluding carboxylic acids is 2. The molecule has 0 saturated carbocycles. The van der Waals surface area contributed by atoms with Crippen molar-refractivity contribution in [2.75, 3.05) is 19.6 Å². The Morgan fingerprint density at radius 2 is 2.00 bits per heavy atom. The molecule has 1 N–H and O–H groups in total. The highest BCUT2D eigenvalue weighted by molar-refractivity contribution is 5.78. The Labute approximate surface area is 182 Å². The van der Waals surface area contributed by atoms with Gasteiger partial charge < -0.3 is 10.2 Å². The van der Waals surface area contributed by atoms with Gasteiger partial charge in [0.25, 0.3) is 0 Å². The molecule has 0 radical (unpaired) electrons. The molecule has 1 aliphatic heterocycles. The van der Waals surface area contributed by atoms with Gasteiger partial charge in [0.1, 0.15) is 0 Å². The first-order valence-electron chi connectivity index (χ1n) is 11.0. The van der Waals surface area contributed by atoms with Crippen molar-refractivity contribution in [2.24, 2.45) is 0 Å². The number of benzene rings is 1. The largest absolute Gasteiger partial charge is 0.356 e. The molecule has 0 unspecified atom stereocenters. The molecule has 7 heteroatoms. The van der Waals surface area contributed by atoms with Crippen LogP contribution >= 0.6 is 0 Å². The number of hydrogen-bond acceptors (Lipinski definition) is 4. The summed E-state index contributed by atoms with van der Waals surface area (Å²) in [5.74, 6) is 0.256. The first kappa shape index (κ1) is 21.0. The van der Waals surface area contributed by atoms with Crippen molar-refractivity contribution in [2.45, 2.75) is 46.0 Å². The average molecular weight is 420 g/mol. The fourth-order valence-corrected chi connectivity index (χ4v) is 4.20. The zero-order valence-electron chi connectivity index (χ0n) is 18.2. The second-order valence-electron chi connectivity index (χ2n) is 8.11. The summed E-state index contributed by atoms with van der Waals surface area (Å²) in [4.78, 5) is 30.5. The molecule has 3 aromatic rings. The van der Waals surface area contributed by atoms with Crippen molar-refractivity contribution >= 4 is 17.5 Å². The van der Waals surface area contributed by atoms with Crippen LogP contribution in [0.15, 0.2) is 36.4 Å². The lowest BCUT2D eigenvalue weighted by Crippen LogP contribution is -2.30. The third-order valence-electron chi connectivity index (χ3n) is 5.93. The van der Waals surface area contributed by atoms with Crippen LogP contribution in [0.1, 0.15) is 42.6 Å². The van der Waals surface area contributed by atoms with E-state index >= 15 is 0 Å². The van der Waals surface area contributed by atoms with Crippen LogP contribution in [0.5, 0.6) is 0 Å². The highest BCUT2D eigenvalue weighted by Crippen LogP contribution is 2.22. The lowest BCUT2D eigenvalue weighted by atomic mass is 10.1. The van der Waals surface area contributed by atoms with E-state index in [4.69, 9.17) is 10.1 Å². The molecule has 7 nitrogen and oxygen atoms in total. The van der Waals surface area contributed by atoms with Gasteiger partial charge in [0.2, 0.25) is 11.8 Å². The molecule has 2 aromatic heterocycles. The number of nitrogens with one attached hydrogen (secondary N) is 1. The van der Waals surface area contributed by atoms with Gasteiger partial charge in [0.05, 0.1) is 5.69 Å². The van der Waals surface area contributed by atoms with Gasteiger partial charge in [0.15, 0.2) is 5.65 Å². The lowest BCUT2D eigenvalue weighted by Gasteiger charge is -2.15. The van der Waals surface area contributed by atoms with Crippen LogP contribution in [0, 0.1) is 13.8 Å². The Morgan fingerprint density at radius 3 is 2.74 bits per heavy atom. The highest BCUT2D eigenvalue weighted by atomic mass is 16.2. The van der Waals surface area contributed by atoms with E-state index in [1.165, 1.54) is 0 Å². The molecule has 1 saturated heterocycles. The number of likely N-dealkylation sites (tertiary alicyclic amines) is 1. The molecule has 1 aliphatic rings. The van der Waals surface area contributed by atoms with Crippen LogP contribution in [0.25, 0.3) is 16.9 Å². The monoisotopic (exact) mass is 419 g/mol. The van der Waals surface area contributed by atoms with E-state index < -0.39 is 0 Å². The van der Waals surface area contributed by atoms with Crippen LogP contribution in [0.3, 0.4) is 0 Å². The van der Waals surface area contributed by atoms with Crippen molar-refractivity contribution in [1.29, 1.82) is 0 Å². The number of rotatable bonds is 8.